The Hall–Kier alpha value is -1.92. The van der Waals surface area contributed by atoms with E-state index >= 15 is 0 Å². The van der Waals surface area contributed by atoms with Gasteiger partial charge in [0.1, 0.15) is 0 Å². The normalized spacial score (nSPS) is 14.4. The minimum absolute atomic E-state index is 0.291. The molecule has 41 heavy (non-hydrogen) atoms. The quantitative estimate of drug-likeness (QED) is 0.0744. The molecule has 0 aliphatic heterocycles. The number of hydrogen-bond donors (Lipinski definition) is 3. The zero-order chi connectivity index (χ0) is 31.0. The van der Waals surface area contributed by atoms with Gasteiger partial charge >= 0.3 is 0 Å². The van der Waals surface area contributed by atoms with E-state index in [1.54, 1.807) is 13.8 Å². The number of unbranched alkanes of at least 4 members (excludes halogenated alkanes) is 4. The summed E-state index contributed by atoms with van der Waals surface area (Å²) in [5.41, 5.74) is 1.47. The Morgan fingerprint density at radius 2 is 1.41 bits per heavy atom. The third-order valence-electron chi connectivity index (χ3n) is 6.27. The fourth-order valence-corrected chi connectivity index (χ4v) is 3.89. The Labute approximate surface area is 253 Å². The van der Waals surface area contributed by atoms with Crippen molar-refractivity contribution >= 4 is 0 Å². The smallest absolute Gasteiger partial charge is 0.151 e. The van der Waals surface area contributed by atoms with Crippen LogP contribution in [0.25, 0.3) is 0 Å². The maximum Gasteiger partial charge on any atom is 0.151 e. The number of hydrogen-bond acceptors (Lipinski definition) is 5. The van der Waals surface area contributed by atoms with Crippen LogP contribution in [-0.2, 0) is 15.9 Å². The highest BCUT2D eigenvalue weighted by atomic mass is 16.6. The van der Waals surface area contributed by atoms with E-state index in [-0.39, 0.29) is 0 Å². The van der Waals surface area contributed by atoms with Gasteiger partial charge in [-0.25, -0.2) is 0 Å². The Balaban J connectivity index is 0. The average molecular weight is 577 g/mol. The van der Waals surface area contributed by atoms with Gasteiger partial charge in [-0.2, -0.15) is 0 Å². The zero-order valence-corrected chi connectivity index (χ0v) is 27.1. The summed E-state index contributed by atoms with van der Waals surface area (Å²) in [5.74, 6) is 1.19. The summed E-state index contributed by atoms with van der Waals surface area (Å²) >= 11 is 0. The predicted molar refractivity (Wildman–Crippen MR) is 176 cm³/mol. The fourth-order valence-electron chi connectivity index (χ4n) is 3.89. The van der Waals surface area contributed by atoms with Crippen molar-refractivity contribution in [2.24, 2.45) is 5.92 Å². The molecule has 1 aliphatic rings. The van der Waals surface area contributed by atoms with Crippen molar-refractivity contribution in [2.45, 2.75) is 137 Å². The SMILES string of the molecule is C(=C\C1CCCC1)/CCCc1ccccc1.C=C(O)CCC/C=C\C.CCCCOC(C)O.CCCCOC(C)O. The zero-order valence-electron chi connectivity index (χ0n) is 27.1. The van der Waals surface area contributed by atoms with Crippen LogP contribution in [0.2, 0.25) is 0 Å². The first kappa shape index (κ1) is 41.2. The summed E-state index contributed by atoms with van der Waals surface area (Å²) in [6.45, 7) is 14.1. The second kappa shape index (κ2) is 32.6. The maximum atomic E-state index is 8.63. The number of benzene rings is 1. The van der Waals surface area contributed by atoms with Gasteiger partial charge in [0, 0.05) is 19.6 Å². The Morgan fingerprint density at radius 3 is 1.88 bits per heavy atom. The molecule has 0 saturated heterocycles. The molecule has 5 heteroatoms. The number of aliphatic hydroxyl groups is 3. The van der Waals surface area contributed by atoms with E-state index in [0.717, 1.165) is 50.9 Å². The molecule has 5 nitrogen and oxygen atoms in total. The minimum Gasteiger partial charge on any atom is -0.513 e. The van der Waals surface area contributed by atoms with Crippen molar-refractivity contribution < 1.29 is 24.8 Å². The maximum absolute atomic E-state index is 8.63. The molecular formula is C36H64O5. The van der Waals surface area contributed by atoms with E-state index in [1.165, 1.54) is 50.5 Å². The van der Waals surface area contributed by atoms with Crippen molar-refractivity contribution in [1.82, 2.24) is 0 Å². The lowest BCUT2D eigenvalue weighted by molar-refractivity contribution is -0.0861. The summed E-state index contributed by atoms with van der Waals surface area (Å²) in [6, 6.07) is 10.8. The van der Waals surface area contributed by atoms with Crippen LogP contribution >= 0.6 is 0 Å². The van der Waals surface area contributed by atoms with Crippen LogP contribution in [0.15, 0.2) is 67.0 Å². The number of aliphatic hydroxyl groups excluding tert-OH is 3. The molecule has 1 aromatic carbocycles. The van der Waals surface area contributed by atoms with E-state index in [0.29, 0.717) is 19.0 Å². The first-order chi connectivity index (χ1) is 19.8. The van der Waals surface area contributed by atoms with Crippen LogP contribution in [0, 0.1) is 5.92 Å². The predicted octanol–water partition coefficient (Wildman–Crippen LogP) is 9.84. The van der Waals surface area contributed by atoms with Crippen molar-refractivity contribution in [3.05, 3.63) is 72.5 Å². The molecule has 3 N–H and O–H groups in total. The topological polar surface area (TPSA) is 79.2 Å². The molecule has 1 fully saturated rings. The van der Waals surface area contributed by atoms with Gasteiger partial charge in [-0.05, 0) is 90.0 Å². The number of aryl methyl sites for hydroxylation is 1. The first-order valence-corrected chi connectivity index (χ1v) is 16.0. The monoisotopic (exact) mass is 576 g/mol. The molecule has 2 rings (SSSR count). The second-order valence-corrected chi connectivity index (χ2v) is 10.5. The van der Waals surface area contributed by atoms with Crippen LogP contribution in [0.3, 0.4) is 0 Å². The summed E-state index contributed by atoms with van der Waals surface area (Å²) in [5, 5.41) is 25.7. The van der Waals surface area contributed by atoms with Crippen molar-refractivity contribution in [3.63, 3.8) is 0 Å². The van der Waals surface area contributed by atoms with Gasteiger partial charge < -0.3 is 24.8 Å². The molecule has 1 aliphatic carbocycles. The van der Waals surface area contributed by atoms with Crippen LogP contribution in [0.1, 0.15) is 124 Å². The van der Waals surface area contributed by atoms with E-state index in [4.69, 9.17) is 24.8 Å². The molecule has 2 atom stereocenters. The number of rotatable bonds is 17. The highest BCUT2D eigenvalue weighted by Crippen LogP contribution is 2.25. The first-order valence-electron chi connectivity index (χ1n) is 16.0. The van der Waals surface area contributed by atoms with Gasteiger partial charge in [-0.1, -0.05) is 101 Å². The molecule has 0 radical (unpaired) electrons. The van der Waals surface area contributed by atoms with Crippen LogP contribution in [0.4, 0.5) is 0 Å². The fraction of sp³-hybridized carbons (Fsp3) is 0.667. The van der Waals surface area contributed by atoms with Crippen LogP contribution < -0.4 is 0 Å². The van der Waals surface area contributed by atoms with Gasteiger partial charge in [-0.15, -0.1) is 0 Å². The lowest BCUT2D eigenvalue weighted by Crippen LogP contribution is -2.06. The van der Waals surface area contributed by atoms with Gasteiger partial charge in [0.05, 0.1) is 5.76 Å². The molecule has 1 saturated carbocycles. The molecule has 0 bridgehead atoms. The minimum atomic E-state index is -0.596. The van der Waals surface area contributed by atoms with Gasteiger partial charge in [0.25, 0.3) is 0 Å². The van der Waals surface area contributed by atoms with Crippen molar-refractivity contribution in [3.8, 4) is 0 Å². The summed E-state index contributed by atoms with van der Waals surface area (Å²) in [7, 11) is 0. The molecule has 0 spiro atoms. The molecular weight excluding hydrogens is 512 g/mol. The van der Waals surface area contributed by atoms with Crippen LogP contribution in [0.5, 0.6) is 0 Å². The molecule has 0 heterocycles. The van der Waals surface area contributed by atoms with Crippen molar-refractivity contribution in [1.29, 1.82) is 0 Å². The van der Waals surface area contributed by atoms with Crippen LogP contribution in [-0.4, -0.2) is 41.1 Å². The molecule has 238 valence electrons. The third kappa shape index (κ3) is 36.1. The standard InChI is InChI=1S/C16H22.C8H14O.2C6H14O2/c1-3-9-15(10-4-1)11-5-2-6-12-16-13-7-8-14-16;1-3-4-5-6-7-8(2)9;2*1-3-4-5-8-6(2)7/h1,3-4,6,9-10,12,16H,2,5,7-8,11,13-14H2;3-4,9H,2,5-7H2,1H3;2*6-7H,3-5H2,1-2H3/b12-6+;4-3-;;. The average Bonchev–Trinajstić information content (AvgIpc) is 3.46. The molecule has 1 aromatic rings. The number of allylic oxidation sites excluding steroid dienone is 5. The summed E-state index contributed by atoms with van der Waals surface area (Å²) in [4.78, 5) is 0. The Kier molecular flexibility index (Phi) is 32.8. The van der Waals surface area contributed by atoms with Gasteiger partial charge in [-0.3, -0.25) is 0 Å². The largest absolute Gasteiger partial charge is 0.513 e. The second-order valence-electron chi connectivity index (χ2n) is 10.5. The van der Waals surface area contributed by atoms with Gasteiger partial charge in [0.2, 0.25) is 0 Å². The number of ether oxygens (including phenoxy) is 2. The lowest BCUT2D eigenvalue weighted by atomic mass is 10.1. The summed E-state index contributed by atoms with van der Waals surface area (Å²) < 4.78 is 9.68. The molecule has 0 amide bonds. The van der Waals surface area contributed by atoms with E-state index in [1.807, 2.05) is 13.0 Å². The lowest BCUT2D eigenvalue weighted by Gasteiger charge is -2.03. The van der Waals surface area contributed by atoms with E-state index in [9.17, 15) is 0 Å². The van der Waals surface area contributed by atoms with Gasteiger partial charge in [0.15, 0.2) is 12.6 Å². The van der Waals surface area contributed by atoms with E-state index < -0.39 is 12.6 Å². The summed E-state index contributed by atoms with van der Waals surface area (Å²) in [6.07, 6.45) is 24.3. The molecule has 0 aromatic heterocycles. The molecule has 2 unspecified atom stereocenters. The van der Waals surface area contributed by atoms with Crippen molar-refractivity contribution in [2.75, 3.05) is 13.2 Å². The third-order valence-corrected chi connectivity index (χ3v) is 6.27. The Bertz CT molecular complexity index is 692. The Morgan fingerprint density at radius 1 is 0.878 bits per heavy atom. The highest BCUT2D eigenvalue weighted by Gasteiger charge is 2.10. The highest BCUT2D eigenvalue weighted by molar-refractivity contribution is 5.14. The van der Waals surface area contributed by atoms with E-state index in [2.05, 4.69) is 69.0 Å².